The Kier molecular flexibility index (Phi) is 9.64. The summed E-state index contributed by atoms with van der Waals surface area (Å²) in [5.41, 5.74) is 4.47. The Bertz CT molecular complexity index is 1830. The van der Waals surface area contributed by atoms with E-state index in [1.54, 1.807) is 18.2 Å². The molecule has 47 heavy (non-hydrogen) atoms. The standard InChI is InChI=1S/C30H36IN6O9P/c1-16(26(39)44-18-11-5-6-12-18)36-47(41,46-20-14-8-10-17-9-4-7-13-19(17)20)43-15-21-23(38)30(2,40)27(45-21)37-24-22(33-28(37)31)25(42-3)35-29(32)34-24/h4,7-10,13-14,16,18,21,23,27,38,40H,5-6,11-12,15H2,1-3H3,(H,36,41)(H2,32,34,35)/t16?,21-,23-,27-,30-,47?/m1/s1. The van der Waals surface area contributed by atoms with E-state index in [9.17, 15) is 19.6 Å². The highest BCUT2D eigenvalue weighted by Crippen LogP contribution is 2.49. The third kappa shape index (κ3) is 6.77. The molecule has 1 saturated carbocycles. The van der Waals surface area contributed by atoms with Crippen molar-refractivity contribution in [2.24, 2.45) is 0 Å². The molecule has 2 aliphatic rings. The van der Waals surface area contributed by atoms with Crippen molar-refractivity contribution >= 4 is 64.2 Å². The van der Waals surface area contributed by atoms with Crippen LogP contribution >= 0.6 is 30.3 Å². The molecule has 1 saturated heterocycles. The van der Waals surface area contributed by atoms with Gasteiger partial charge in [-0.25, -0.2) is 9.55 Å². The van der Waals surface area contributed by atoms with Gasteiger partial charge in [-0.15, -0.1) is 0 Å². The summed E-state index contributed by atoms with van der Waals surface area (Å²) in [6, 6.07) is 11.6. The Balaban J connectivity index is 1.27. The lowest BCUT2D eigenvalue weighted by atomic mass is 9.96. The number of halogens is 1. The average Bonchev–Trinajstić information content (AvgIpc) is 3.72. The highest BCUT2D eigenvalue weighted by molar-refractivity contribution is 14.1. The van der Waals surface area contributed by atoms with Crippen molar-refractivity contribution in [2.45, 2.75) is 75.7 Å². The Morgan fingerprint density at radius 2 is 1.94 bits per heavy atom. The first-order chi connectivity index (χ1) is 22.4. The molecule has 0 radical (unpaired) electrons. The number of hydrogen-bond donors (Lipinski definition) is 4. The summed E-state index contributed by atoms with van der Waals surface area (Å²) in [5, 5.41) is 27.0. The predicted octanol–water partition coefficient (Wildman–Crippen LogP) is 3.85. The van der Waals surface area contributed by atoms with Gasteiger partial charge in [0, 0.05) is 28.0 Å². The molecule has 2 unspecified atom stereocenters. The van der Waals surface area contributed by atoms with Gasteiger partial charge in [-0.1, -0.05) is 36.4 Å². The number of aliphatic hydroxyl groups excluding tert-OH is 1. The van der Waals surface area contributed by atoms with Gasteiger partial charge in [0.25, 0.3) is 0 Å². The second kappa shape index (κ2) is 13.4. The maximum Gasteiger partial charge on any atom is 0.459 e. The van der Waals surface area contributed by atoms with E-state index >= 15 is 0 Å². The van der Waals surface area contributed by atoms with Crippen molar-refractivity contribution in [1.29, 1.82) is 0 Å². The first-order valence-corrected chi connectivity index (χ1v) is 17.7. The van der Waals surface area contributed by atoms with Crippen molar-refractivity contribution in [1.82, 2.24) is 24.6 Å². The molecule has 5 N–H and O–H groups in total. The van der Waals surface area contributed by atoms with Gasteiger partial charge in [0.1, 0.15) is 35.7 Å². The highest BCUT2D eigenvalue weighted by atomic mass is 127. The Hall–Kier alpha value is -3.12. The number of carbonyl (C=O) groups is 1. The number of anilines is 1. The first kappa shape index (κ1) is 33.8. The van der Waals surface area contributed by atoms with Crippen LogP contribution in [0.25, 0.3) is 21.9 Å². The van der Waals surface area contributed by atoms with Gasteiger partial charge in [0.2, 0.25) is 11.8 Å². The summed E-state index contributed by atoms with van der Waals surface area (Å²) in [4.78, 5) is 25.7. The maximum atomic E-state index is 14.4. The Labute approximate surface area is 283 Å². The van der Waals surface area contributed by atoms with E-state index < -0.39 is 50.4 Å². The summed E-state index contributed by atoms with van der Waals surface area (Å²) >= 11 is 1.93. The number of nitrogens with zero attached hydrogens (tertiary/aromatic N) is 4. The molecule has 2 aromatic heterocycles. The van der Waals surface area contributed by atoms with E-state index in [2.05, 4.69) is 20.0 Å². The van der Waals surface area contributed by atoms with Crippen LogP contribution in [0.15, 0.2) is 42.5 Å². The molecule has 6 rings (SSSR count). The number of fused-ring (bicyclic) bond motifs is 2. The molecule has 4 aromatic rings. The van der Waals surface area contributed by atoms with Crippen LogP contribution in [0.4, 0.5) is 5.95 Å². The van der Waals surface area contributed by atoms with Gasteiger partial charge in [-0.2, -0.15) is 15.1 Å². The van der Waals surface area contributed by atoms with Gasteiger partial charge < -0.3 is 34.7 Å². The van der Waals surface area contributed by atoms with Gasteiger partial charge >= 0.3 is 13.7 Å². The number of imidazole rings is 1. The number of nitrogens with two attached hydrogens (primary N) is 1. The van der Waals surface area contributed by atoms with E-state index in [1.165, 1.54) is 25.5 Å². The largest absolute Gasteiger partial charge is 0.479 e. The number of ether oxygens (including phenoxy) is 3. The van der Waals surface area contributed by atoms with Crippen LogP contribution in [0.1, 0.15) is 45.8 Å². The van der Waals surface area contributed by atoms with E-state index in [0.29, 0.717) is 9.22 Å². The van der Waals surface area contributed by atoms with Crippen LogP contribution in [0.3, 0.4) is 0 Å². The SMILES string of the molecule is COc1nc(N)nc2c1nc(I)n2[C@@H]1O[C@H](COP(=O)(NC(C)C(=O)OC2CCCC2)Oc2cccc3ccccc23)[C@@H](O)[C@@]1(C)O. The number of aliphatic hydroxyl groups is 2. The van der Waals surface area contributed by atoms with Crippen molar-refractivity contribution in [2.75, 3.05) is 19.5 Å². The highest BCUT2D eigenvalue weighted by Gasteiger charge is 2.55. The molecule has 2 aromatic carbocycles. The van der Waals surface area contributed by atoms with E-state index in [-0.39, 0.29) is 34.8 Å². The van der Waals surface area contributed by atoms with Gasteiger partial charge in [-0.3, -0.25) is 13.9 Å². The van der Waals surface area contributed by atoms with E-state index in [1.807, 2.05) is 46.9 Å². The molecule has 252 valence electrons. The van der Waals surface area contributed by atoms with Crippen molar-refractivity contribution in [3.8, 4) is 11.6 Å². The molecular weight excluding hydrogens is 746 g/mol. The minimum Gasteiger partial charge on any atom is -0.479 e. The van der Waals surface area contributed by atoms with E-state index in [4.69, 9.17) is 29.0 Å². The normalized spacial score (nSPS) is 25.2. The fraction of sp³-hybridized carbons (Fsp3) is 0.467. The lowest BCUT2D eigenvalue weighted by Gasteiger charge is -2.28. The molecule has 15 nitrogen and oxygen atoms in total. The molecular formula is C30H36IN6O9P. The lowest BCUT2D eigenvalue weighted by molar-refractivity contribution is -0.150. The monoisotopic (exact) mass is 782 g/mol. The predicted molar refractivity (Wildman–Crippen MR) is 179 cm³/mol. The van der Waals surface area contributed by atoms with Gasteiger partial charge in [-0.05, 0) is 51.0 Å². The molecule has 2 fully saturated rings. The van der Waals surface area contributed by atoms with E-state index in [0.717, 1.165) is 31.1 Å². The van der Waals surface area contributed by atoms with Crippen molar-refractivity contribution in [3.63, 3.8) is 0 Å². The molecule has 6 atom stereocenters. The second-order valence-electron chi connectivity index (χ2n) is 11.8. The number of benzene rings is 2. The third-order valence-electron chi connectivity index (χ3n) is 8.33. The maximum absolute atomic E-state index is 14.4. The number of nitrogens with one attached hydrogen (secondary N) is 1. The van der Waals surface area contributed by atoms with Crippen molar-refractivity contribution < 1.29 is 42.8 Å². The van der Waals surface area contributed by atoms with Crippen LogP contribution in [0, 0.1) is 3.83 Å². The number of esters is 1. The number of hydrogen-bond acceptors (Lipinski definition) is 13. The Morgan fingerprint density at radius 3 is 2.68 bits per heavy atom. The summed E-state index contributed by atoms with van der Waals surface area (Å²) in [6.45, 7) is 2.39. The molecule has 0 amide bonds. The zero-order valence-corrected chi connectivity index (χ0v) is 29.0. The summed E-state index contributed by atoms with van der Waals surface area (Å²) in [5.74, 6) is -0.317. The lowest BCUT2D eigenvalue weighted by Crippen LogP contribution is -2.45. The summed E-state index contributed by atoms with van der Waals surface area (Å²) in [7, 11) is -2.95. The van der Waals surface area contributed by atoms with Crippen LogP contribution in [-0.2, 0) is 23.4 Å². The Morgan fingerprint density at radius 1 is 1.21 bits per heavy atom. The summed E-state index contributed by atoms with van der Waals surface area (Å²) in [6.07, 6.45) is -0.678. The number of methoxy groups -OCH3 is 1. The van der Waals surface area contributed by atoms with Crippen LogP contribution in [0.2, 0.25) is 0 Å². The smallest absolute Gasteiger partial charge is 0.459 e. The minimum absolute atomic E-state index is 0.0943. The van der Waals surface area contributed by atoms with Crippen LogP contribution < -0.4 is 20.1 Å². The van der Waals surface area contributed by atoms with Crippen LogP contribution in [0.5, 0.6) is 11.6 Å². The quantitative estimate of drug-likeness (QED) is 0.0740. The number of rotatable bonds is 11. The molecule has 0 bridgehead atoms. The van der Waals surface area contributed by atoms with Crippen molar-refractivity contribution in [3.05, 3.63) is 46.3 Å². The fourth-order valence-electron chi connectivity index (χ4n) is 5.87. The number of nitrogen functional groups attached to an aromatic ring is 1. The molecule has 0 spiro atoms. The van der Waals surface area contributed by atoms with Gasteiger partial charge in [0.15, 0.2) is 21.2 Å². The number of carbonyl (C=O) groups excluding carboxylic acids is 1. The zero-order valence-electron chi connectivity index (χ0n) is 25.9. The molecule has 1 aliphatic heterocycles. The zero-order chi connectivity index (χ0) is 33.5. The molecule has 1 aliphatic carbocycles. The topological polar surface area (TPSA) is 202 Å². The van der Waals surface area contributed by atoms with Crippen LogP contribution in [-0.4, -0.2) is 79.4 Å². The molecule has 3 heterocycles. The molecule has 17 heteroatoms. The minimum atomic E-state index is -4.36. The third-order valence-corrected chi connectivity index (χ3v) is 10.7. The fourth-order valence-corrected chi connectivity index (χ4v) is 8.11. The second-order valence-corrected chi connectivity index (χ2v) is 14.4. The van der Waals surface area contributed by atoms with Gasteiger partial charge in [0.05, 0.1) is 13.7 Å². The first-order valence-electron chi connectivity index (χ1n) is 15.1. The average molecular weight is 783 g/mol. The number of aromatic nitrogens is 4. The summed E-state index contributed by atoms with van der Waals surface area (Å²) < 4.78 is 45.2.